The van der Waals surface area contributed by atoms with Gasteiger partial charge in [-0.15, -0.1) is 0 Å². The summed E-state index contributed by atoms with van der Waals surface area (Å²) in [6.45, 7) is 1.77. The molecule has 0 radical (unpaired) electrons. The van der Waals surface area contributed by atoms with Gasteiger partial charge in [0.25, 0.3) is 5.91 Å². The van der Waals surface area contributed by atoms with Crippen molar-refractivity contribution in [1.29, 1.82) is 0 Å². The van der Waals surface area contributed by atoms with Crippen LogP contribution in [0.2, 0.25) is 10.0 Å². The molecular formula is C14H10Cl2N4O. The number of carbonyl (C=O) groups is 1. The Hall–Kier alpha value is -2.11. The molecular weight excluding hydrogens is 311 g/mol. The highest BCUT2D eigenvalue weighted by molar-refractivity contribution is 6.31. The molecule has 7 heteroatoms. The number of hydrogen-bond donors (Lipinski definition) is 1. The maximum Gasteiger partial charge on any atom is 0.275 e. The van der Waals surface area contributed by atoms with Crippen molar-refractivity contribution in [2.45, 2.75) is 6.92 Å². The van der Waals surface area contributed by atoms with Crippen LogP contribution in [-0.2, 0) is 0 Å². The summed E-state index contributed by atoms with van der Waals surface area (Å²) < 4.78 is 1.69. The first-order chi connectivity index (χ1) is 10.0. The number of aromatic nitrogens is 3. The summed E-state index contributed by atoms with van der Waals surface area (Å²) in [6, 6.07) is 6.69. The highest BCUT2D eigenvalue weighted by atomic mass is 35.5. The molecule has 0 atom stereocenters. The number of nitrogens with zero attached hydrogens (tertiary/aromatic N) is 3. The van der Waals surface area contributed by atoms with Crippen LogP contribution in [0.15, 0.2) is 36.7 Å². The van der Waals surface area contributed by atoms with Gasteiger partial charge >= 0.3 is 0 Å². The Balaban J connectivity index is 1.97. The van der Waals surface area contributed by atoms with Crippen LogP contribution in [-0.4, -0.2) is 20.3 Å². The summed E-state index contributed by atoms with van der Waals surface area (Å²) in [5.74, 6) is 0.129. The van der Waals surface area contributed by atoms with Crippen molar-refractivity contribution < 1.29 is 4.79 Å². The van der Waals surface area contributed by atoms with Crippen LogP contribution in [0.1, 0.15) is 16.2 Å². The fraction of sp³-hybridized carbons (Fsp3) is 0.0714. The van der Waals surface area contributed by atoms with Gasteiger partial charge in [-0.3, -0.25) is 9.20 Å². The lowest BCUT2D eigenvalue weighted by molar-refractivity contribution is 0.102. The van der Waals surface area contributed by atoms with Crippen LogP contribution in [0.4, 0.5) is 5.82 Å². The van der Waals surface area contributed by atoms with E-state index in [2.05, 4.69) is 15.3 Å². The molecule has 0 aliphatic carbocycles. The van der Waals surface area contributed by atoms with Gasteiger partial charge in [0, 0.05) is 23.5 Å². The first-order valence-corrected chi connectivity index (χ1v) is 6.87. The minimum absolute atomic E-state index is 0.294. The zero-order chi connectivity index (χ0) is 15.0. The molecule has 0 saturated heterocycles. The molecule has 0 bridgehead atoms. The zero-order valence-corrected chi connectivity index (χ0v) is 12.5. The summed E-state index contributed by atoms with van der Waals surface area (Å²) in [7, 11) is 0. The largest absolute Gasteiger partial charge is 0.305 e. The summed E-state index contributed by atoms with van der Waals surface area (Å²) in [6.07, 6.45) is 3.18. The van der Waals surface area contributed by atoms with Crippen LogP contribution < -0.4 is 5.32 Å². The Labute approximate surface area is 130 Å². The van der Waals surface area contributed by atoms with Crippen LogP contribution in [0.25, 0.3) is 5.65 Å². The van der Waals surface area contributed by atoms with Gasteiger partial charge in [-0.2, -0.15) is 0 Å². The number of anilines is 1. The minimum atomic E-state index is -0.294. The van der Waals surface area contributed by atoms with Gasteiger partial charge in [-0.25, -0.2) is 9.97 Å². The number of hydrogen-bond acceptors (Lipinski definition) is 3. The number of rotatable bonds is 2. The highest BCUT2D eigenvalue weighted by Crippen LogP contribution is 2.18. The van der Waals surface area contributed by atoms with E-state index in [1.54, 1.807) is 41.8 Å². The van der Waals surface area contributed by atoms with E-state index in [9.17, 15) is 4.79 Å². The average Bonchev–Trinajstić information content (AvgIpc) is 2.76. The Morgan fingerprint density at radius 1 is 1.24 bits per heavy atom. The molecule has 0 unspecified atom stereocenters. The molecule has 5 nitrogen and oxygen atoms in total. The lowest BCUT2D eigenvalue weighted by Gasteiger charge is -2.05. The van der Waals surface area contributed by atoms with Gasteiger partial charge in [-0.05, 0) is 25.1 Å². The third-order valence-corrected chi connectivity index (χ3v) is 3.41. The second kappa shape index (κ2) is 5.35. The number of pyridine rings is 2. The molecule has 3 aromatic rings. The molecule has 0 aromatic carbocycles. The molecule has 21 heavy (non-hydrogen) atoms. The van der Waals surface area contributed by atoms with Crippen molar-refractivity contribution in [3.63, 3.8) is 0 Å². The average molecular weight is 321 g/mol. The summed E-state index contributed by atoms with van der Waals surface area (Å²) >= 11 is 11.7. The van der Waals surface area contributed by atoms with Crippen LogP contribution >= 0.6 is 23.2 Å². The summed E-state index contributed by atoms with van der Waals surface area (Å²) in [4.78, 5) is 20.8. The third kappa shape index (κ3) is 2.70. The molecule has 3 heterocycles. The Morgan fingerprint density at radius 3 is 2.76 bits per heavy atom. The Morgan fingerprint density at radius 2 is 2.05 bits per heavy atom. The normalized spacial score (nSPS) is 10.8. The van der Waals surface area contributed by atoms with E-state index in [0.29, 0.717) is 32.9 Å². The van der Waals surface area contributed by atoms with Gasteiger partial charge < -0.3 is 5.32 Å². The first kappa shape index (κ1) is 13.9. The molecule has 0 aliphatic rings. The van der Waals surface area contributed by atoms with E-state index in [1.165, 1.54) is 6.20 Å². The van der Waals surface area contributed by atoms with Crippen molar-refractivity contribution in [3.05, 3.63) is 58.1 Å². The van der Waals surface area contributed by atoms with E-state index < -0.39 is 0 Å². The minimum Gasteiger partial charge on any atom is -0.305 e. The van der Waals surface area contributed by atoms with Crippen molar-refractivity contribution in [2.24, 2.45) is 0 Å². The van der Waals surface area contributed by atoms with E-state index >= 15 is 0 Å². The second-order valence-corrected chi connectivity index (χ2v) is 5.31. The van der Waals surface area contributed by atoms with Crippen molar-refractivity contribution >= 4 is 40.6 Å². The zero-order valence-electron chi connectivity index (χ0n) is 11.0. The number of nitrogens with one attached hydrogen (secondary N) is 1. The number of imidazole rings is 1. The van der Waals surface area contributed by atoms with Gasteiger partial charge in [-0.1, -0.05) is 23.2 Å². The molecule has 0 saturated carbocycles. The summed E-state index contributed by atoms with van der Waals surface area (Å²) in [5, 5.41) is 3.79. The molecule has 106 valence electrons. The molecule has 1 amide bonds. The maximum absolute atomic E-state index is 12.4. The third-order valence-electron chi connectivity index (χ3n) is 2.95. The number of carbonyl (C=O) groups excluding carboxylic acids is 1. The van der Waals surface area contributed by atoms with E-state index in [-0.39, 0.29) is 5.91 Å². The molecule has 3 aromatic heterocycles. The van der Waals surface area contributed by atoms with Crippen molar-refractivity contribution in [3.8, 4) is 0 Å². The fourth-order valence-corrected chi connectivity index (χ4v) is 2.30. The van der Waals surface area contributed by atoms with Gasteiger partial charge in [0.1, 0.15) is 17.2 Å². The van der Waals surface area contributed by atoms with Crippen LogP contribution in [0.5, 0.6) is 0 Å². The smallest absolute Gasteiger partial charge is 0.275 e. The number of aryl methyl sites for hydroxylation is 1. The number of amides is 1. The predicted octanol–water partition coefficient (Wildman–Crippen LogP) is 3.60. The maximum atomic E-state index is 12.4. The lowest BCUT2D eigenvalue weighted by atomic mass is 10.3. The monoisotopic (exact) mass is 320 g/mol. The van der Waals surface area contributed by atoms with Crippen LogP contribution in [0, 0.1) is 6.92 Å². The van der Waals surface area contributed by atoms with E-state index in [0.717, 1.165) is 0 Å². The summed E-state index contributed by atoms with van der Waals surface area (Å²) in [5.41, 5.74) is 1.68. The Kier molecular flexibility index (Phi) is 3.53. The highest BCUT2D eigenvalue weighted by Gasteiger charge is 2.17. The van der Waals surface area contributed by atoms with Gasteiger partial charge in [0.05, 0.1) is 10.7 Å². The standard InChI is InChI=1S/C14H10Cl2N4O/c1-8-13(20-5-4-9(15)6-12(20)18-8)14(21)19-11-3-2-10(16)7-17-11/h2-7H,1H3,(H,17,19,21). The number of fused-ring (bicyclic) bond motifs is 1. The van der Waals surface area contributed by atoms with E-state index in [4.69, 9.17) is 23.2 Å². The van der Waals surface area contributed by atoms with E-state index in [1.807, 2.05) is 0 Å². The van der Waals surface area contributed by atoms with Crippen LogP contribution in [0.3, 0.4) is 0 Å². The molecule has 1 N–H and O–H groups in total. The van der Waals surface area contributed by atoms with Crippen molar-refractivity contribution in [2.75, 3.05) is 5.32 Å². The first-order valence-electron chi connectivity index (χ1n) is 6.12. The fourth-order valence-electron chi connectivity index (χ4n) is 2.04. The molecule has 0 spiro atoms. The second-order valence-electron chi connectivity index (χ2n) is 4.43. The SMILES string of the molecule is Cc1nc2cc(Cl)ccn2c1C(=O)Nc1ccc(Cl)cn1. The predicted molar refractivity (Wildman–Crippen MR) is 82.1 cm³/mol. The topological polar surface area (TPSA) is 59.3 Å². The molecule has 3 rings (SSSR count). The van der Waals surface area contributed by atoms with Crippen molar-refractivity contribution in [1.82, 2.24) is 14.4 Å². The number of halogens is 2. The Bertz CT molecular complexity index is 827. The lowest BCUT2D eigenvalue weighted by Crippen LogP contribution is -2.16. The molecule has 0 aliphatic heterocycles. The quantitative estimate of drug-likeness (QED) is 0.784. The van der Waals surface area contributed by atoms with Gasteiger partial charge in [0.2, 0.25) is 0 Å². The van der Waals surface area contributed by atoms with Gasteiger partial charge in [0.15, 0.2) is 0 Å². The molecule has 0 fully saturated rings.